The van der Waals surface area contributed by atoms with Gasteiger partial charge in [0, 0.05) is 19.1 Å². The zero-order valence-electron chi connectivity index (χ0n) is 43.2. The smallest absolute Gasteiger partial charge is 0.407 e. The van der Waals surface area contributed by atoms with Crippen LogP contribution in [0, 0.1) is 0 Å². The van der Waals surface area contributed by atoms with Crippen LogP contribution in [0.2, 0.25) is 0 Å². The maximum absolute atomic E-state index is 12.3. The second-order valence-corrected chi connectivity index (χ2v) is 17.2. The van der Waals surface area contributed by atoms with E-state index in [4.69, 9.17) is 61.6 Å². The molecule has 0 aliphatic heterocycles. The molecule has 15 heteroatoms. The van der Waals surface area contributed by atoms with E-state index in [2.05, 4.69) is 36.5 Å². The van der Waals surface area contributed by atoms with Crippen molar-refractivity contribution in [1.82, 2.24) is 5.32 Å². The summed E-state index contributed by atoms with van der Waals surface area (Å²) < 4.78 is 72.2. The molecule has 1 aliphatic rings. The first kappa shape index (κ1) is 61.5. The summed E-state index contributed by atoms with van der Waals surface area (Å²) in [4.78, 5) is 12.3. The summed E-state index contributed by atoms with van der Waals surface area (Å²) in [6.45, 7) is 15.3. The summed E-state index contributed by atoms with van der Waals surface area (Å²) in [5.41, 5.74) is 4.77. The Morgan fingerprint density at radius 2 is 0.629 bits per heavy atom. The number of hydrogen-bond donors (Lipinski definition) is 1. The van der Waals surface area contributed by atoms with E-state index in [1.54, 1.807) is 0 Å². The molecular formula is C55H93NO14. The first-order chi connectivity index (χ1) is 34.8. The molecule has 0 heterocycles. The average Bonchev–Trinajstić information content (AvgIpc) is 3.70. The summed E-state index contributed by atoms with van der Waals surface area (Å²) in [5, 5.41) is 2.75. The van der Waals surface area contributed by atoms with Crippen molar-refractivity contribution in [2.75, 3.05) is 172 Å². The lowest BCUT2D eigenvalue weighted by Gasteiger charge is -2.14. The number of unbranched alkanes of at least 4 members (excludes halogenated alkanes) is 13. The summed E-state index contributed by atoms with van der Waals surface area (Å²) in [7, 11) is 0. The van der Waals surface area contributed by atoms with Crippen molar-refractivity contribution in [3.8, 4) is 11.1 Å². The van der Waals surface area contributed by atoms with Crippen LogP contribution in [-0.4, -0.2) is 178 Å². The maximum atomic E-state index is 12.3. The molecule has 0 spiro atoms. The zero-order valence-corrected chi connectivity index (χ0v) is 43.2. The lowest BCUT2D eigenvalue weighted by molar-refractivity contribution is -0.0283. The molecule has 1 aliphatic carbocycles. The Hall–Kier alpha value is -2.77. The number of amides is 1. The molecule has 15 nitrogen and oxygen atoms in total. The second-order valence-electron chi connectivity index (χ2n) is 17.2. The first-order valence-corrected chi connectivity index (χ1v) is 26.8. The van der Waals surface area contributed by atoms with Crippen molar-refractivity contribution in [2.45, 2.75) is 103 Å². The molecule has 3 rings (SSSR count). The molecule has 2 aromatic carbocycles. The molecule has 0 aromatic heterocycles. The number of benzene rings is 2. The van der Waals surface area contributed by atoms with Crippen LogP contribution in [0.15, 0.2) is 48.5 Å². The lowest BCUT2D eigenvalue weighted by atomic mass is 9.98. The number of alkyl carbamates (subject to hydrolysis) is 1. The highest BCUT2D eigenvalue weighted by Crippen LogP contribution is 2.44. The maximum Gasteiger partial charge on any atom is 0.407 e. The number of hydrogen-bond acceptors (Lipinski definition) is 14. The van der Waals surface area contributed by atoms with Crippen molar-refractivity contribution in [1.29, 1.82) is 0 Å². The van der Waals surface area contributed by atoms with Crippen molar-refractivity contribution >= 4 is 6.09 Å². The van der Waals surface area contributed by atoms with E-state index in [-0.39, 0.29) is 12.5 Å². The fraction of sp³-hybridized carbons (Fsp3) is 0.764. The Labute approximate surface area is 421 Å². The van der Waals surface area contributed by atoms with E-state index in [9.17, 15) is 4.79 Å². The number of ether oxygens (including phenoxy) is 13. The summed E-state index contributed by atoms with van der Waals surface area (Å²) >= 11 is 0. The third-order valence-corrected chi connectivity index (χ3v) is 11.6. The molecule has 1 N–H and O–H groups in total. The first-order valence-electron chi connectivity index (χ1n) is 26.8. The Bertz CT molecular complexity index is 1410. The Balaban J connectivity index is 0.887. The van der Waals surface area contributed by atoms with E-state index in [0.717, 1.165) is 13.0 Å². The molecule has 0 saturated carbocycles. The summed E-state index contributed by atoms with van der Waals surface area (Å²) in [6, 6.07) is 16.5. The van der Waals surface area contributed by atoms with E-state index >= 15 is 0 Å². The van der Waals surface area contributed by atoms with Gasteiger partial charge in [0.1, 0.15) is 6.61 Å². The molecule has 1 amide bonds. The number of fused-ring (bicyclic) bond motifs is 3. The summed E-state index contributed by atoms with van der Waals surface area (Å²) in [5.74, 6) is 0.0352. The molecule has 0 radical (unpaired) electrons. The number of rotatable bonds is 53. The highest BCUT2D eigenvalue weighted by molar-refractivity contribution is 5.79. The van der Waals surface area contributed by atoms with Gasteiger partial charge in [-0.3, -0.25) is 0 Å². The van der Waals surface area contributed by atoms with Crippen molar-refractivity contribution in [3.05, 3.63) is 59.7 Å². The number of nitrogens with one attached hydrogen (secondary N) is 1. The Morgan fingerprint density at radius 1 is 0.357 bits per heavy atom. The van der Waals surface area contributed by atoms with Gasteiger partial charge in [-0.25, -0.2) is 4.79 Å². The monoisotopic (exact) mass is 992 g/mol. The van der Waals surface area contributed by atoms with Crippen LogP contribution >= 0.6 is 0 Å². The van der Waals surface area contributed by atoms with Crippen LogP contribution in [0.4, 0.5) is 4.79 Å². The molecule has 2 aromatic rings. The van der Waals surface area contributed by atoms with E-state index in [1.807, 2.05) is 24.3 Å². The molecular weight excluding hydrogens is 899 g/mol. The largest absolute Gasteiger partial charge is 0.449 e. The molecule has 70 heavy (non-hydrogen) atoms. The van der Waals surface area contributed by atoms with Crippen LogP contribution < -0.4 is 5.32 Å². The van der Waals surface area contributed by atoms with Crippen LogP contribution in [-0.2, 0) is 61.6 Å². The molecule has 0 bridgehead atoms. The van der Waals surface area contributed by atoms with Gasteiger partial charge in [0.15, 0.2) is 0 Å². The van der Waals surface area contributed by atoms with Gasteiger partial charge in [0.25, 0.3) is 0 Å². The minimum absolute atomic E-state index is 0.0352. The van der Waals surface area contributed by atoms with E-state index < -0.39 is 6.09 Å². The topological polar surface area (TPSA) is 149 Å². The number of carbonyl (C=O) groups excluding carboxylic acids is 1. The van der Waals surface area contributed by atoms with Crippen LogP contribution in [0.5, 0.6) is 0 Å². The Kier molecular flexibility index (Phi) is 41.5. The third kappa shape index (κ3) is 33.8. The SMILES string of the molecule is CCCCCCCCCCCCCCCCOCCOCCOCCOCCOCCOCCOCCOCCOCCOCCOCCOCCNC(=O)OCC1c2ccccc2-c2ccccc21. The van der Waals surface area contributed by atoms with Gasteiger partial charge >= 0.3 is 6.09 Å². The number of carbonyl (C=O) groups is 1. The normalized spacial score (nSPS) is 12.2. The minimum atomic E-state index is -0.452. The summed E-state index contributed by atoms with van der Waals surface area (Å²) in [6.07, 6.45) is 18.7. The zero-order chi connectivity index (χ0) is 49.3. The molecule has 0 unspecified atom stereocenters. The van der Waals surface area contributed by atoms with E-state index in [1.165, 1.54) is 106 Å². The third-order valence-electron chi connectivity index (χ3n) is 11.6. The predicted molar refractivity (Wildman–Crippen MR) is 273 cm³/mol. The lowest BCUT2D eigenvalue weighted by Crippen LogP contribution is -2.29. The van der Waals surface area contributed by atoms with Gasteiger partial charge in [-0.1, -0.05) is 139 Å². The van der Waals surface area contributed by atoms with Gasteiger partial charge in [0.05, 0.1) is 152 Å². The molecule has 0 saturated heterocycles. The van der Waals surface area contributed by atoms with Gasteiger partial charge in [0.2, 0.25) is 0 Å². The predicted octanol–water partition coefficient (Wildman–Crippen LogP) is 9.21. The fourth-order valence-corrected chi connectivity index (χ4v) is 7.79. The van der Waals surface area contributed by atoms with Crippen LogP contribution in [0.1, 0.15) is 114 Å². The van der Waals surface area contributed by atoms with Gasteiger partial charge in [-0.15, -0.1) is 0 Å². The van der Waals surface area contributed by atoms with Crippen molar-refractivity contribution < 1.29 is 66.4 Å². The van der Waals surface area contributed by atoms with Gasteiger partial charge in [-0.05, 0) is 28.7 Å². The molecule has 0 fully saturated rings. The second kappa shape index (κ2) is 47.2. The molecule has 402 valence electrons. The standard InChI is InChI=1S/C55H93NO14/c1-2-3-4-5-6-7-8-9-10-11-12-13-14-19-25-58-27-29-60-31-33-62-35-37-64-39-41-66-43-45-68-47-48-69-46-44-67-42-40-65-38-36-63-34-32-61-30-28-59-26-24-56-55(57)70-49-54-52-22-17-15-20-50(52)51-21-16-18-23-53(51)54/h15-18,20-23,54H,2-14,19,24-49H2,1H3,(H,56,57). The highest BCUT2D eigenvalue weighted by Gasteiger charge is 2.29. The van der Waals surface area contributed by atoms with Crippen molar-refractivity contribution in [3.63, 3.8) is 0 Å². The molecule has 0 atom stereocenters. The fourth-order valence-electron chi connectivity index (χ4n) is 7.79. The van der Waals surface area contributed by atoms with Crippen LogP contribution in [0.3, 0.4) is 0 Å². The van der Waals surface area contributed by atoms with E-state index in [0.29, 0.717) is 159 Å². The average molecular weight is 992 g/mol. The minimum Gasteiger partial charge on any atom is -0.449 e. The van der Waals surface area contributed by atoms with Crippen molar-refractivity contribution in [2.24, 2.45) is 0 Å². The quantitative estimate of drug-likeness (QED) is 0.0628. The van der Waals surface area contributed by atoms with Gasteiger partial charge < -0.3 is 66.9 Å². The highest BCUT2D eigenvalue weighted by atomic mass is 16.6. The Morgan fingerprint density at radius 3 is 0.957 bits per heavy atom. The van der Waals surface area contributed by atoms with Gasteiger partial charge in [-0.2, -0.15) is 0 Å². The van der Waals surface area contributed by atoms with Crippen LogP contribution in [0.25, 0.3) is 11.1 Å².